The zero-order chi connectivity index (χ0) is 12.3. The molecule has 1 heterocycles. The van der Waals surface area contributed by atoms with E-state index >= 15 is 0 Å². The molecular weight excluding hydrogens is 218 g/mol. The molecule has 1 aromatic rings. The molecule has 0 bridgehead atoms. The van der Waals surface area contributed by atoms with Gasteiger partial charge in [-0.25, -0.2) is 0 Å². The summed E-state index contributed by atoms with van der Waals surface area (Å²) in [5.41, 5.74) is 1.57. The molecule has 1 aromatic carbocycles. The number of amides is 1. The molecule has 1 N–H and O–H groups in total. The molecule has 4 heteroatoms. The lowest BCUT2D eigenvalue weighted by molar-refractivity contribution is -0.117. The van der Waals surface area contributed by atoms with Crippen LogP contribution in [0.15, 0.2) is 18.2 Å². The highest BCUT2D eigenvalue weighted by Crippen LogP contribution is 2.28. The van der Waals surface area contributed by atoms with Crippen LogP contribution in [0.3, 0.4) is 0 Å². The van der Waals surface area contributed by atoms with Crippen LogP contribution in [-0.2, 0) is 11.4 Å². The summed E-state index contributed by atoms with van der Waals surface area (Å²) in [6.45, 7) is 3.15. The fraction of sp³-hybridized carbons (Fsp3) is 0.462. The molecule has 1 saturated heterocycles. The van der Waals surface area contributed by atoms with Gasteiger partial charge in [0.25, 0.3) is 0 Å². The van der Waals surface area contributed by atoms with Gasteiger partial charge in [-0.05, 0) is 31.5 Å². The maximum absolute atomic E-state index is 11.6. The second-order valence-corrected chi connectivity index (χ2v) is 4.03. The van der Waals surface area contributed by atoms with Crippen molar-refractivity contribution in [2.45, 2.75) is 26.4 Å². The van der Waals surface area contributed by atoms with Crippen LogP contribution in [0.5, 0.6) is 5.75 Å². The summed E-state index contributed by atoms with van der Waals surface area (Å²) in [7, 11) is 0. The lowest BCUT2D eigenvalue weighted by Crippen LogP contribution is -2.23. The monoisotopic (exact) mass is 235 g/mol. The molecule has 2 rings (SSSR count). The van der Waals surface area contributed by atoms with Crippen LogP contribution in [-0.4, -0.2) is 24.2 Å². The van der Waals surface area contributed by atoms with E-state index < -0.39 is 0 Å². The Labute approximate surface area is 101 Å². The summed E-state index contributed by atoms with van der Waals surface area (Å²) in [6.07, 6.45) is 1.52. The number of aliphatic hydroxyl groups excluding tert-OH is 1. The number of aliphatic hydroxyl groups is 1. The molecule has 1 aliphatic rings. The van der Waals surface area contributed by atoms with Gasteiger partial charge in [-0.1, -0.05) is 0 Å². The average molecular weight is 235 g/mol. The fourth-order valence-electron chi connectivity index (χ4n) is 2.07. The van der Waals surface area contributed by atoms with Gasteiger partial charge in [-0.15, -0.1) is 0 Å². The molecule has 0 atom stereocenters. The number of hydrogen-bond acceptors (Lipinski definition) is 3. The molecular formula is C13H17NO3. The SMILES string of the molecule is CCOc1ccc(N2CCCC2=O)cc1CO. The van der Waals surface area contributed by atoms with Crippen molar-refractivity contribution in [3.63, 3.8) is 0 Å². The van der Waals surface area contributed by atoms with Crippen LogP contribution < -0.4 is 9.64 Å². The van der Waals surface area contributed by atoms with Gasteiger partial charge in [0.05, 0.1) is 13.2 Å². The van der Waals surface area contributed by atoms with Crippen LogP contribution in [0.2, 0.25) is 0 Å². The predicted molar refractivity (Wildman–Crippen MR) is 65.1 cm³/mol. The van der Waals surface area contributed by atoms with E-state index in [0.29, 0.717) is 18.8 Å². The largest absolute Gasteiger partial charge is 0.494 e. The van der Waals surface area contributed by atoms with E-state index in [1.54, 1.807) is 4.90 Å². The minimum atomic E-state index is -0.0782. The first-order valence-corrected chi connectivity index (χ1v) is 5.93. The van der Waals surface area contributed by atoms with E-state index in [0.717, 1.165) is 24.2 Å². The highest BCUT2D eigenvalue weighted by atomic mass is 16.5. The highest BCUT2D eigenvalue weighted by Gasteiger charge is 2.22. The summed E-state index contributed by atoms with van der Waals surface area (Å²) in [5.74, 6) is 0.837. The number of carbonyl (C=O) groups is 1. The predicted octanol–water partition coefficient (Wildman–Crippen LogP) is 1.70. The van der Waals surface area contributed by atoms with E-state index in [2.05, 4.69) is 0 Å². The van der Waals surface area contributed by atoms with Crippen molar-refractivity contribution in [2.24, 2.45) is 0 Å². The topological polar surface area (TPSA) is 49.8 Å². The van der Waals surface area contributed by atoms with E-state index in [1.165, 1.54) is 0 Å². The Bertz CT molecular complexity index is 417. The molecule has 0 saturated carbocycles. The van der Waals surface area contributed by atoms with Crippen LogP contribution >= 0.6 is 0 Å². The second-order valence-electron chi connectivity index (χ2n) is 4.03. The zero-order valence-electron chi connectivity index (χ0n) is 9.98. The van der Waals surface area contributed by atoms with Crippen molar-refractivity contribution >= 4 is 11.6 Å². The third-order valence-corrected chi connectivity index (χ3v) is 2.90. The molecule has 17 heavy (non-hydrogen) atoms. The number of anilines is 1. The van der Waals surface area contributed by atoms with Crippen molar-refractivity contribution in [3.8, 4) is 5.75 Å². The molecule has 0 spiro atoms. The number of rotatable bonds is 4. The van der Waals surface area contributed by atoms with Crippen LogP contribution in [0.25, 0.3) is 0 Å². The van der Waals surface area contributed by atoms with E-state index in [4.69, 9.17) is 4.74 Å². The molecule has 0 radical (unpaired) electrons. The summed E-state index contributed by atoms with van der Waals surface area (Å²) in [6, 6.07) is 5.51. The smallest absolute Gasteiger partial charge is 0.227 e. The third kappa shape index (κ3) is 2.42. The average Bonchev–Trinajstić information content (AvgIpc) is 2.76. The molecule has 0 unspecified atom stereocenters. The summed E-state index contributed by atoms with van der Waals surface area (Å²) < 4.78 is 5.41. The van der Waals surface area contributed by atoms with E-state index in [1.807, 2.05) is 25.1 Å². The third-order valence-electron chi connectivity index (χ3n) is 2.90. The minimum Gasteiger partial charge on any atom is -0.494 e. The Kier molecular flexibility index (Phi) is 3.64. The summed E-state index contributed by atoms with van der Waals surface area (Å²) >= 11 is 0. The maximum atomic E-state index is 11.6. The Balaban J connectivity index is 2.27. The van der Waals surface area contributed by atoms with Crippen molar-refractivity contribution in [3.05, 3.63) is 23.8 Å². The Hall–Kier alpha value is -1.55. The number of nitrogens with zero attached hydrogens (tertiary/aromatic N) is 1. The molecule has 1 fully saturated rings. The van der Waals surface area contributed by atoms with Gasteiger partial charge in [0.1, 0.15) is 5.75 Å². The molecule has 92 valence electrons. The first-order chi connectivity index (χ1) is 8.26. The van der Waals surface area contributed by atoms with Gasteiger partial charge in [-0.3, -0.25) is 4.79 Å². The highest BCUT2D eigenvalue weighted by molar-refractivity contribution is 5.95. The lowest BCUT2D eigenvalue weighted by Gasteiger charge is -2.18. The Morgan fingerprint density at radius 3 is 2.88 bits per heavy atom. The molecule has 0 aliphatic carbocycles. The quantitative estimate of drug-likeness (QED) is 0.864. The lowest BCUT2D eigenvalue weighted by atomic mass is 10.1. The molecule has 1 aliphatic heterocycles. The van der Waals surface area contributed by atoms with Crippen LogP contribution in [0.4, 0.5) is 5.69 Å². The molecule has 4 nitrogen and oxygen atoms in total. The van der Waals surface area contributed by atoms with Gasteiger partial charge in [0.2, 0.25) is 5.91 Å². The minimum absolute atomic E-state index is 0.0782. The standard InChI is InChI=1S/C13H17NO3/c1-2-17-12-6-5-11(8-10(12)9-15)14-7-3-4-13(14)16/h5-6,8,15H,2-4,7,9H2,1H3. The van der Waals surface area contributed by atoms with E-state index in [9.17, 15) is 9.90 Å². The zero-order valence-corrected chi connectivity index (χ0v) is 9.98. The van der Waals surface area contributed by atoms with Crippen molar-refractivity contribution in [1.82, 2.24) is 0 Å². The fourth-order valence-corrected chi connectivity index (χ4v) is 2.07. The van der Waals surface area contributed by atoms with Crippen molar-refractivity contribution < 1.29 is 14.6 Å². The van der Waals surface area contributed by atoms with Gasteiger partial charge in [0, 0.05) is 24.2 Å². The normalized spacial score (nSPS) is 15.4. The van der Waals surface area contributed by atoms with E-state index in [-0.39, 0.29) is 12.5 Å². The first-order valence-electron chi connectivity index (χ1n) is 5.93. The summed E-state index contributed by atoms with van der Waals surface area (Å²) in [5, 5.41) is 9.29. The Morgan fingerprint density at radius 2 is 2.29 bits per heavy atom. The molecule has 1 amide bonds. The van der Waals surface area contributed by atoms with Gasteiger partial charge in [-0.2, -0.15) is 0 Å². The first kappa shape index (κ1) is 11.9. The summed E-state index contributed by atoms with van der Waals surface area (Å²) in [4.78, 5) is 13.4. The van der Waals surface area contributed by atoms with Gasteiger partial charge >= 0.3 is 0 Å². The van der Waals surface area contributed by atoms with Crippen LogP contribution in [0, 0.1) is 0 Å². The number of carbonyl (C=O) groups excluding carboxylic acids is 1. The Morgan fingerprint density at radius 1 is 1.47 bits per heavy atom. The van der Waals surface area contributed by atoms with Gasteiger partial charge < -0.3 is 14.7 Å². The molecule has 0 aromatic heterocycles. The number of benzene rings is 1. The maximum Gasteiger partial charge on any atom is 0.227 e. The van der Waals surface area contributed by atoms with Crippen molar-refractivity contribution in [2.75, 3.05) is 18.1 Å². The number of hydrogen-bond donors (Lipinski definition) is 1. The second kappa shape index (κ2) is 5.19. The van der Waals surface area contributed by atoms with Gasteiger partial charge in [0.15, 0.2) is 0 Å². The van der Waals surface area contributed by atoms with Crippen molar-refractivity contribution in [1.29, 1.82) is 0 Å². The van der Waals surface area contributed by atoms with Crippen LogP contribution in [0.1, 0.15) is 25.3 Å². The number of ether oxygens (including phenoxy) is 1.